The van der Waals surface area contributed by atoms with E-state index in [9.17, 15) is 4.79 Å². The first-order chi connectivity index (χ1) is 5.71. The van der Waals surface area contributed by atoms with E-state index in [0.29, 0.717) is 0 Å². The van der Waals surface area contributed by atoms with Crippen molar-refractivity contribution in [1.29, 1.82) is 0 Å². The summed E-state index contributed by atoms with van der Waals surface area (Å²) in [5, 5.41) is 0. The van der Waals surface area contributed by atoms with Crippen molar-refractivity contribution in [3.63, 3.8) is 0 Å². The summed E-state index contributed by atoms with van der Waals surface area (Å²) in [6, 6.07) is 0. The van der Waals surface area contributed by atoms with Gasteiger partial charge in [0.2, 0.25) is 0 Å². The van der Waals surface area contributed by atoms with Gasteiger partial charge < -0.3 is 4.74 Å². The SMILES string of the molecule is CC(C)OC(=O)C1C(Cl)(Cl)C1(Cl)Cl. The maximum Gasteiger partial charge on any atom is 0.315 e. The van der Waals surface area contributed by atoms with Gasteiger partial charge in [-0.2, -0.15) is 0 Å². The molecule has 1 fully saturated rings. The predicted octanol–water partition coefficient (Wildman–Crippen LogP) is 2.92. The molecule has 0 N–H and O–H groups in total. The van der Waals surface area contributed by atoms with Crippen molar-refractivity contribution in [3.8, 4) is 0 Å². The lowest BCUT2D eigenvalue weighted by atomic mass is 10.4. The largest absolute Gasteiger partial charge is 0.463 e. The lowest BCUT2D eigenvalue weighted by Gasteiger charge is -2.06. The van der Waals surface area contributed by atoms with E-state index in [1.54, 1.807) is 13.8 Å². The summed E-state index contributed by atoms with van der Waals surface area (Å²) in [7, 11) is 0. The van der Waals surface area contributed by atoms with E-state index < -0.39 is 20.6 Å². The molecule has 0 bridgehead atoms. The molecule has 0 unspecified atom stereocenters. The maximum absolute atomic E-state index is 11.3. The second-order valence-corrected chi connectivity index (χ2v) is 5.94. The summed E-state index contributed by atoms with van der Waals surface area (Å²) in [4.78, 5) is 11.3. The highest BCUT2D eigenvalue weighted by molar-refractivity contribution is 6.69. The first kappa shape index (κ1) is 11.7. The van der Waals surface area contributed by atoms with Crippen molar-refractivity contribution in [2.45, 2.75) is 28.6 Å². The molecule has 0 aromatic carbocycles. The Labute approximate surface area is 96.4 Å². The van der Waals surface area contributed by atoms with Gasteiger partial charge in [-0.3, -0.25) is 4.79 Å². The molecule has 1 aliphatic rings. The number of halogens is 4. The lowest BCUT2D eigenvalue weighted by molar-refractivity contribution is -0.149. The zero-order chi connectivity index (χ0) is 10.4. The zero-order valence-corrected chi connectivity index (χ0v) is 10.0. The molecule has 0 heterocycles. The Bertz CT molecular complexity index is 223. The Morgan fingerprint density at radius 2 is 1.62 bits per heavy atom. The third-order valence-corrected chi connectivity index (χ3v) is 4.13. The predicted molar refractivity (Wildman–Crippen MR) is 53.6 cm³/mol. The van der Waals surface area contributed by atoms with Gasteiger partial charge in [-0.1, -0.05) is 46.4 Å². The molecule has 0 amide bonds. The number of hydrogen-bond donors (Lipinski definition) is 0. The van der Waals surface area contributed by atoms with Crippen molar-refractivity contribution in [2.75, 3.05) is 0 Å². The minimum absolute atomic E-state index is 0.235. The number of carbonyl (C=O) groups is 1. The van der Waals surface area contributed by atoms with Gasteiger partial charge in [-0.05, 0) is 13.8 Å². The lowest BCUT2D eigenvalue weighted by Crippen LogP contribution is -2.16. The molecule has 13 heavy (non-hydrogen) atoms. The number of ether oxygens (including phenoxy) is 1. The smallest absolute Gasteiger partial charge is 0.315 e. The van der Waals surface area contributed by atoms with E-state index in [-0.39, 0.29) is 6.10 Å². The molecule has 1 rings (SSSR count). The molecular formula is C7H8Cl4O2. The number of rotatable bonds is 2. The molecule has 0 saturated heterocycles. The molecule has 1 aliphatic carbocycles. The van der Waals surface area contributed by atoms with Gasteiger partial charge in [0, 0.05) is 0 Å². The molecule has 2 nitrogen and oxygen atoms in total. The summed E-state index contributed by atoms with van der Waals surface area (Å²) in [6.45, 7) is 3.43. The molecule has 0 spiro atoms. The van der Waals surface area contributed by atoms with Gasteiger partial charge in [-0.15, -0.1) is 0 Å². The molecule has 6 heteroatoms. The van der Waals surface area contributed by atoms with Crippen LogP contribution < -0.4 is 0 Å². The fourth-order valence-electron chi connectivity index (χ4n) is 0.939. The van der Waals surface area contributed by atoms with Crippen LogP contribution in [-0.4, -0.2) is 20.7 Å². The van der Waals surface area contributed by atoms with Crippen LogP contribution in [0.3, 0.4) is 0 Å². The second kappa shape index (κ2) is 3.34. The first-order valence-corrected chi connectivity index (χ1v) is 5.18. The molecule has 0 atom stereocenters. The van der Waals surface area contributed by atoms with Crippen LogP contribution in [0.5, 0.6) is 0 Å². The van der Waals surface area contributed by atoms with E-state index >= 15 is 0 Å². The molecule has 0 aromatic rings. The summed E-state index contributed by atoms with van der Waals surface area (Å²) in [5.41, 5.74) is 0. The highest BCUT2D eigenvalue weighted by Gasteiger charge is 2.79. The normalized spacial score (nSPS) is 24.5. The fourth-order valence-corrected chi connectivity index (χ4v) is 2.39. The average Bonchev–Trinajstić information content (AvgIpc) is 2.20. The van der Waals surface area contributed by atoms with Gasteiger partial charge in [0.1, 0.15) is 5.92 Å². The fraction of sp³-hybridized carbons (Fsp3) is 0.857. The number of esters is 1. The summed E-state index contributed by atoms with van der Waals surface area (Å²) < 4.78 is 2.01. The molecular weight excluding hydrogens is 258 g/mol. The van der Waals surface area contributed by atoms with Gasteiger partial charge in [0.05, 0.1) is 6.10 Å². The Kier molecular flexibility index (Phi) is 3.00. The molecule has 0 aromatic heterocycles. The van der Waals surface area contributed by atoms with Crippen LogP contribution in [0, 0.1) is 5.92 Å². The number of alkyl halides is 4. The van der Waals surface area contributed by atoms with E-state index in [0.717, 1.165) is 0 Å². The molecule has 0 radical (unpaired) electrons. The quantitative estimate of drug-likeness (QED) is 0.567. The Balaban J connectivity index is 2.63. The van der Waals surface area contributed by atoms with Crippen molar-refractivity contribution >= 4 is 52.4 Å². The minimum Gasteiger partial charge on any atom is -0.463 e. The Hall–Kier alpha value is 0.630. The zero-order valence-electron chi connectivity index (χ0n) is 6.98. The third kappa shape index (κ3) is 1.87. The molecule has 76 valence electrons. The second-order valence-electron chi connectivity index (χ2n) is 3.16. The Morgan fingerprint density at radius 3 is 1.85 bits per heavy atom. The van der Waals surface area contributed by atoms with Crippen LogP contribution in [0.15, 0.2) is 0 Å². The van der Waals surface area contributed by atoms with Crippen LogP contribution in [0.2, 0.25) is 0 Å². The van der Waals surface area contributed by atoms with Crippen molar-refractivity contribution in [1.82, 2.24) is 0 Å². The van der Waals surface area contributed by atoms with Crippen LogP contribution >= 0.6 is 46.4 Å². The molecule has 0 aliphatic heterocycles. The number of hydrogen-bond acceptors (Lipinski definition) is 2. The van der Waals surface area contributed by atoms with Gasteiger partial charge >= 0.3 is 5.97 Å². The highest BCUT2D eigenvalue weighted by Crippen LogP contribution is 2.69. The summed E-state index contributed by atoms with van der Waals surface area (Å²) in [6.07, 6.45) is -0.235. The van der Waals surface area contributed by atoms with E-state index in [1.165, 1.54) is 0 Å². The maximum atomic E-state index is 11.3. The average molecular weight is 266 g/mol. The standard InChI is InChI=1S/C7H8Cl4O2/c1-3(2)13-5(12)4-6(8,9)7(4,10)11/h3-4H,1-2H3. The van der Waals surface area contributed by atoms with Crippen LogP contribution in [0.4, 0.5) is 0 Å². The van der Waals surface area contributed by atoms with E-state index in [2.05, 4.69) is 0 Å². The van der Waals surface area contributed by atoms with E-state index in [4.69, 9.17) is 51.1 Å². The van der Waals surface area contributed by atoms with Gasteiger partial charge in [-0.25, -0.2) is 0 Å². The van der Waals surface area contributed by atoms with Gasteiger partial charge in [0.15, 0.2) is 8.67 Å². The van der Waals surface area contributed by atoms with Crippen molar-refractivity contribution in [2.24, 2.45) is 5.92 Å². The van der Waals surface area contributed by atoms with Crippen LogP contribution in [0.25, 0.3) is 0 Å². The first-order valence-electron chi connectivity index (χ1n) is 3.67. The molecule has 1 saturated carbocycles. The number of carbonyl (C=O) groups excluding carboxylic acids is 1. The van der Waals surface area contributed by atoms with Crippen LogP contribution in [0.1, 0.15) is 13.8 Å². The summed E-state index contributed by atoms with van der Waals surface area (Å²) >= 11 is 22.7. The van der Waals surface area contributed by atoms with Crippen LogP contribution in [-0.2, 0) is 9.53 Å². The topological polar surface area (TPSA) is 26.3 Å². The van der Waals surface area contributed by atoms with Crippen molar-refractivity contribution in [3.05, 3.63) is 0 Å². The highest BCUT2D eigenvalue weighted by atomic mass is 35.5. The monoisotopic (exact) mass is 264 g/mol. The van der Waals surface area contributed by atoms with E-state index in [1.807, 2.05) is 0 Å². The van der Waals surface area contributed by atoms with Crippen molar-refractivity contribution < 1.29 is 9.53 Å². The summed E-state index contributed by atoms with van der Waals surface area (Å²) in [5.74, 6) is -1.43. The Morgan fingerprint density at radius 1 is 1.23 bits per heavy atom. The van der Waals surface area contributed by atoms with Gasteiger partial charge in [0.25, 0.3) is 0 Å². The third-order valence-electron chi connectivity index (χ3n) is 1.67. The minimum atomic E-state index is -1.43.